The van der Waals surface area contributed by atoms with Crippen LogP contribution in [-0.2, 0) is 0 Å². The number of hydrogen-bond donors (Lipinski definition) is 1. The maximum atomic E-state index is 5.95. The van der Waals surface area contributed by atoms with E-state index in [9.17, 15) is 0 Å². The Morgan fingerprint density at radius 2 is 2.18 bits per heavy atom. The molecule has 3 heteroatoms. The smallest absolute Gasteiger partial charge is 0.0931 e. The Morgan fingerprint density at radius 3 is 2.82 bits per heavy atom. The predicted octanol–water partition coefficient (Wildman–Crippen LogP) is 5.02. The Hall–Kier alpha value is -0.0500. The van der Waals surface area contributed by atoms with E-state index in [4.69, 9.17) is 11.6 Å². The molecule has 1 aliphatic carbocycles. The first-order chi connectivity index (χ1) is 8.25. The van der Waals surface area contributed by atoms with Gasteiger partial charge in [-0.3, -0.25) is 0 Å². The van der Waals surface area contributed by atoms with Crippen molar-refractivity contribution in [3.05, 3.63) is 21.3 Å². The summed E-state index contributed by atoms with van der Waals surface area (Å²) < 4.78 is 0.890. The Labute approximate surface area is 114 Å². The second-order valence-corrected chi connectivity index (χ2v) is 6.70. The fourth-order valence-corrected chi connectivity index (χ4v) is 3.63. The van der Waals surface area contributed by atoms with E-state index in [1.807, 2.05) is 0 Å². The number of hydrogen-bond acceptors (Lipinski definition) is 2. The molecular formula is C14H22ClNS. The van der Waals surface area contributed by atoms with E-state index in [0.717, 1.165) is 16.8 Å². The van der Waals surface area contributed by atoms with Crippen LogP contribution >= 0.6 is 22.9 Å². The third kappa shape index (κ3) is 4.27. The molecule has 0 saturated heterocycles. The molecule has 1 atom stereocenters. The molecule has 1 aliphatic rings. The molecule has 0 radical (unpaired) electrons. The van der Waals surface area contributed by atoms with Crippen molar-refractivity contribution in [1.82, 2.24) is 5.32 Å². The number of rotatable bonds is 5. The Bertz CT molecular complexity index is 331. The van der Waals surface area contributed by atoms with Gasteiger partial charge in [0.05, 0.1) is 4.34 Å². The van der Waals surface area contributed by atoms with Gasteiger partial charge in [-0.2, -0.15) is 0 Å². The van der Waals surface area contributed by atoms with Crippen LogP contribution in [0.5, 0.6) is 0 Å². The molecule has 1 nitrogen and oxygen atoms in total. The quantitative estimate of drug-likeness (QED) is 0.793. The van der Waals surface area contributed by atoms with Crippen LogP contribution in [0.1, 0.15) is 57.1 Å². The molecule has 1 unspecified atom stereocenters. The summed E-state index contributed by atoms with van der Waals surface area (Å²) in [6.45, 7) is 3.36. The summed E-state index contributed by atoms with van der Waals surface area (Å²) in [6.07, 6.45) is 8.57. The second-order valence-electron chi connectivity index (χ2n) is 5.15. The van der Waals surface area contributed by atoms with Crippen LogP contribution in [0, 0.1) is 5.92 Å². The highest BCUT2D eigenvalue weighted by atomic mass is 35.5. The second kappa shape index (κ2) is 6.77. The lowest BCUT2D eigenvalue weighted by Gasteiger charge is -2.22. The minimum absolute atomic E-state index is 0.433. The number of halogens is 1. The molecule has 1 fully saturated rings. The van der Waals surface area contributed by atoms with Gasteiger partial charge in [0.25, 0.3) is 0 Å². The molecule has 1 aromatic heterocycles. The molecule has 2 rings (SSSR count). The van der Waals surface area contributed by atoms with Gasteiger partial charge in [0, 0.05) is 6.04 Å². The average Bonchev–Trinajstić information content (AvgIpc) is 2.77. The van der Waals surface area contributed by atoms with Crippen molar-refractivity contribution in [2.24, 2.45) is 5.92 Å². The van der Waals surface area contributed by atoms with E-state index in [1.165, 1.54) is 44.1 Å². The monoisotopic (exact) mass is 271 g/mol. The minimum atomic E-state index is 0.433. The largest absolute Gasteiger partial charge is 0.310 e. The minimum Gasteiger partial charge on any atom is -0.310 e. The van der Waals surface area contributed by atoms with Crippen LogP contribution in [0.25, 0.3) is 0 Å². The normalized spacial score (nSPS) is 19.4. The zero-order valence-corrected chi connectivity index (χ0v) is 12.1. The molecule has 1 saturated carbocycles. The Kier molecular flexibility index (Phi) is 5.33. The molecular weight excluding hydrogens is 250 g/mol. The first kappa shape index (κ1) is 13.4. The third-order valence-corrected chi connectivity index (χ3v) is 4.93. The lowest BCUT2D eigenvalue weighted by Crippen LogP contribution is -2.22. The summed E-state index contributed by atoms with van der Waals surface area (Å²) in [7, 11) is 0. The molecule has 17 heavy (non-hydrogen) atoms. The highest BCUT2D eigenvalue weighted by Crippen LogP contribution is 2.27. The van der Waals surface area contributed by atoms with Gasteiger partial charge in [0.2, 0.25) is 0 Å². The van der Waals surface area contributed by atoms with E-state index >= 15 is 0 Å². The van der Waals surface area contributed by atoms with E-state index < -0.39 is 0 Å². The summed E-state index contributed by atoms with van der Waals surface area (Å²) >= 11 is 7.57. The van der Waals surface area contributed by atoms with Gasteiger partial charge >= 0.3 is 0 Å². The molecule has 0 bridgehead atoms. The zero-order valence-electron chi connectivity index (χ0n) is 10.5. The van der Waals surface area contributed by atoms with Gasteiger partial charge in [0.1, 0.15) is 0 Å². The summed E-state index contributed by atoms with van der Waals surface area (Å²) in [4.78, 5) is 0. The first-order valence-electron chi connectivity index (χ1n) is 6.73. The summed E-state index contributed by atoms with van der Waals surface area (Å²) in [6, 6.07) is 2.51. The van der Waals surface area contributed by atoms with Gasteiger partial charge in [0.15, 0.2) is 0 Å². The van der Waals surface area contributed by atoms with Crippen molar-refractivity contribution in [1.29, 1.82) is 0 Å². The Morgan fingerprint density at radius 1 is 1.41 bits per heavy atom. The van der Waals surface area contributed by atoms with Gasteiger partial charge in [-0.05, 0) is 42.8 Å². The van der Waals surface area contributed by atoms with Crippen molar-refractivity contribution in [2.45, 2.75) is 51.5 Å². The summed E-state index contributed by atoms with van der Waals surface area (Å²) in [5.41, 5.74) is 1.32. The van der Waals surface area contributed by atoms with Crippen molar-refractivity contribution in [2.75, 3.05) is 6.54 Å². The molecule has 0 aromatic carbocycles. The Balaban J connectivity index is 1.67. The van der Waals surface area contributed by atoms with Crippen LogP contribution in [0.2, 0.25) is 4.34 Å². The molecule has 0 amide bonds. The standard InChI is InChI=1S/C14H22ClNS/c1-11(13-9-14(15)17-10-13)16-8-7-12-5-3-2-4-6-12/h9-12,16H,2-8H2,1H3. The molecule has 1 N–H and O–H groups in total. The molecule has 0 aliphatic heterocycles. The number of thiophene rings is 1. The van der Waals surface area contributed by atoms with E-state index in [-0.39, 0.29) is 0 Å². The van der Waals surface area contributed by atoms with Gasteiger partial charge in [-0.25, -0.2) is 0 Å². The highest BCUT2D eigenvalue weighted by molar-refractivity contribution is 7.14. The molecule has 1 aromatic rings. The van der Waals surface area contributed by atoms with Crippen LogP contribution in [0.3, 0.4) is 0 Å². The maximum absolute atomic E-state index is 5.95. The van der Waals surface area contributed by atoms with E-state index in [0.29, 0.717) is 6.04 Å². The van der Waals surface area contributed by atoms with Crippen LogP contribution < -0.4 is 5.32 Å². The van der Waals surface area contributed by atoms with E-state index in [2.05, 4.69) is 23.7 Å². The average molecular weight is 272 g/mol. The summed E-state index contributed by atoms with van der Waals surface area (Å²) in [5.74, 6) is 0.967. The zero-order chi connectivity index (χ0) is 12.1. The fraction of sp³-hybridized carbons (Fsp3) is 0.714. The van der Waals surface area contributed by atoms with Crippen molar-refractivity contribution in [3.63, 3.8) is 0 Å². The van der Waals surface area contributed by atoms with Crippen LogP contribution in [-0.4, -0.2) is 6.54 Å². The molecule has 1 heterocycles. The highest BCUT2D eigenvalue weighted by Gasteiger charge is 2.13. The van der Waals surface area contributed by atoms with E-state index in [1.54, 1.807) is 11.3 Å². The summed E-state index contributed by atoms with van der Waals surface area (Å²) in [5, 5.41) is 5.76. The van der Waals surface area contributed by atoms with Gasteiger partial charge in [-0.15, -0.1) is 11.3 Å². The van der Waals surface area contributed by atoms with Crippen LogP contribution in [0.4, 0.5) is 0 Å². The SMILES string of the molecule is CC(NCCC1CCCCC1)c1csc(Cl)c1. The van der Waals surface area contributed by atoms with Gasteiger partial charge in [-0.1, -0.05) is 43.7 Å². The van der Waals surface area contributed by atoms with Crippen molar-refractivity contribution < 1.29 is 0 Å². The topological polar surface area (TPSA) is 12.0 Å². The maximum Gasteiger partial charge on any atom is 0.0931 e. The van der Waals surface area contributed by atoms with Crippen molar-refractivity contribution >= 4 is 22.9 Å². The molecule has 0 spiro atoms. The molecule has 96 valence electrons. The van der Waals surface area contributed by atoms with Crippen molar-refractivity contribution in [3.8, 4) is 0 Å². The van der Waals surface area contributed by atoms with Gasteiger partial charge < -0.3 is 5.32 Å². The lowest BCUT2D eigenvalue weighted by molar-refractivity contribution is 0.329. The van der Waals surface area contributed by atoms with Crippen LogP contribution in [0.15, 0.2) is 11.4 Å². The lowest BCUT2D eigenvalue weighted by atomic mass is 9.87. The number of nitrogens with one attached hydrogen (secondary N) is 1. The third-order valence-electron chi connectivity index (χ3n) is 3.82. The fourth-order valence-electron chi connectivity index (χ4n) is 2.65. The predicted molar refractivity (Wildman–Crippen MR) is 76.9 cm³/mol. The first-order valence-corrected chi connectivity index (χ1v) is 7.99.